The number of benzene rings is 2. The van der Waals surface area contributed by atoms with Gasteiger partial charge in [0.2, 0.25) is 0 Å². The lowest BCUT2D eigenvalue weighted by molar-refractivity contribution is -0.172. The summed E-state index contributed by atoms with van der Waals surface area (Å²) in [6.45, 7) is 4.56. The van der Waals surface area contributed by atoms with Crippen LogP contribution in [0.25, 0.3) is 22.3 Å². The summed E-state index contributed by atoms with van der Waals surface area (Å²) < 4.78 is 6.86. The molecule has 2 N–H and O–H groups in total. The van der Waals surface area contributed by atoms with Gasteiger partial charge in [-0.15, -0.1) is 0 Å². The van der Waals surface area contributed by atoms with E-state index in [2.05, 4.69) is 36.5 Å². The molecule has 0 saturated carbocycles. The zero-order valence-electron chi connectivity index (χ0n) is 19.6. The van der Waals surface area contributed by atoms with Crippen LogP contribution in [0, 0.1) is 6.92 Å². The van der Waals surface area contributed by atoms with Crippen LogP contribution in [0.4, 0.5) is 5.69 Å². The number of hydrogen-bond donors (Lipinski definition) is 2. The smallest absolute Gasteiger partial charge is 0.343 e. The number of para-hydroxylation sites is 1. The molecule has 35 heavy (non-hydrogen) atoms. The van der Waals surface area contributed by atoms with Crippen molar-refractivity contribution in [3.05, 3.63) is 92.8 Å². The van der Waals surface area contributed by atoms with Crippen LogP contribution in [0.3, 0.4) is 0 Å². The molecule has 2 aromatic heterocycles. The van der Waals surface area contributed by atoms with Crippen LogP contribution in [0.2, 0.25) is 0 Å². The van der Waals surface area contributed by atoms with E-state index >= 15 is 0 Å². The normalized spacial score (nSPS) is 18.1. The first-order valence-corrected chi connectivity index (χ1v) is 11.8. The quantitative estimate of drug-likeness (QED) is 0.388. The molecule has 7 heteroatoms. The number of aromatic nitrogens is 2. The number of nitrogens with zero attached hydrogens (tertiary/aromatic N) is 2. The Morgan fingerprint density at radius 3 is 2.66 bits per heavy atom. The number of ether oxygens (including phenoxy) is 1. The summed E-state index contributed by atoms with van der Waals surface area (Å²) in [5, 5.41) is 15.6. The number of anilines is 1. The van der Waals surface area contributed by atoms with Gasteiger partial charge in [0.1, 0.15) is 6.61 Å². The zero-order chi connectivity index (χ0) is 24.3. The standard InChI is InChI=1S/C28H25N3O4/c1-3-28(34)22-12-24-25-20(14-31(24)26(32)21(22)15-35-27(28)33)19(18-6-4-5-7-23(18)30-25)13-29-17-10-8-16(2)9-11-17/h4-12,29,34H,3,13-15H2,1-2H3/t28-/m0/s1. The number of fused-ring (bicyclic) bond motifs is 5. The second-order valence-corrected chi connectivity index (χ2v) is 9.26. The number of aryl methyl sites for hydroxylation is 1. The first-order valence-electron chi connectivity index (χ1n) is 11.8. The fourth-order valence-corrected chi connectivity index (χ4v) is 5.18. The third-order valence-electron chi connectivity index (χ3n) is 7.23. The second-order valence-electron chi connectivity index (χ2n) is 9.26. The Morgan fingerprint density at radius 2 is 1.89 bits per heavy atom. The van der Waals surface area contributed by atoms with Crippen LogP contribution in [-0.4, -0.2) is 20.6 Å². The maximum absolute atomic E-state index is 13.5. The lowest BCUT2D eigenvalue weighted by Crippen LogP contribution is -2.44. The SMILES string of the molecule is CC[C@@]1(O)C(=O)OCc2c1cc1n(c2=O)Cc2c-1nc1ccccc1c2CNc1ccc(C)cc1. The zero-order valence-corrected chi connectivity index (χ0v) is 19.6. The van der Waals surface area contributed by atoms with Gasteiger partial charge in [0.25, 0.3) is 5.56 Å². The summed E-state index contributed by atoms with van der Waals surface area (Å²) in [7, 11) is 0. The summed E-state index contributed by atoms with van der Waals surface area (Å²) in [4.78, 5) is 30.9. The van der Waals surface area contributed by atoms with E-state index in [0.717, 1.165) is 27.7 Å². The lowest BCUT2D eigenvalue weighted by atomic mass is 9.86. The minimum atomic E-state index is -1.84. The molecule has 0 spiro atoms. The van der Waals surface area contributed by atoms with Crippen molar-refractivity contribution in [3.8, 4) is 11.4 Å². The molecule has 4 aromatic rings. The highest BCUT2D eigenvalue weighted by Gasteiger charge is 2.45. The van der Waals surface area contributed by atoms with Gasteiger partial charge in [-0.2, -0.15) is 0 Å². The Balaban J connectivity index is 1.53. The molecular formula is C28H25N3O4. The first kappa shape index (κ1) is 21.6. The monoisotopic (exact) mass is 467 g/mol. The number of aliphatic hydroxyl groups is 1. The molecule has 0 radical (unpaired) electrons. The Morgan fingerprint density at radius 1 is 1.11 bits per heavy atom. The van der Waals surface area contributed by atoms with Crippen LogP contribution in [-0.2, 0) is 34.8 Å². The summed E-state index contributed by atoms with van der Waals surface area (Å²) >= 11 is 0. The molecule has 2 aliphatic rings. The third kappa shape index (κ3) is 3.19. The molecule has 2 aliphatic heterocycles. The van der Waals surface area contributed by atoms with E-state index in [1.807, 2.05) is 24.3 Å². The molecule has 0 saturated heterocycles. The molecule has 0 unspecified atom stereocenters. The molecule has 0 fully saturated rings. The highest BCUT2D eigenvalue weighted by Crippen LogP contribution is 2.40. The van der Waals surface area contributed by atoms with Crippen LogP contribution in [0.5, 0.6) is 0 Å². The number of cyclic esters (lactones) is 1. The van der Waals surface area contributed by atoms with Crippen molar-refractivity contribution in [1.82, 2.24) is 9.55 Å². The summed E-state index contributed by atoms with van der Waals surface area (Å²) in [6, 6.07) is 17.9. The third-order valence-corrected chi connectivity index (χ3v) is 7.23. The van der Waals surface area contributed by atoms with Gasteiger partial charge in [0.05, 0.1) is 29.0 Å². The summed E-state index contributed by atoms with van der Waals surface area (Å²) in [6.07, 6.45) is 0.117. The topological polar surface area (TPSA) is 93.5 Å². The van der Waals surface area contributed by atoms with Gasteiger partial charge in [0, 0.05) is 28.7 Å². The average Bonchev–Trinajstić information content (AvgIpc) is 3.24. The van der Waals surface area contributed by atoms with Gasteiger partial charge < -0.3 is 19.7 Å². The molecule has 6 rings (SSSR count). The predicted octanol–water partition coefficient (Wildman–Crippen LogP) is 4.00. The number of carbonyl (C=O) groups is 1. The second kappa shape index (κ2) is 7.78. The maximum Gasteiger partial charge on any atom is 0.343 e. The fraction of sp³-hybridized carbons (Fsp3) is 0.250. The molecule has 0 bridgehead atoms. The van der Waals surface area contributed by atoms with E-state index in [0.29, 0.717) is 35.6 Å². The number of hydrogen-bond acceptors (Lipinski definition) is 6. The minimum Gasteiger partial charge on any atom is -0.458 e. The number of pyridine rings is 2. The largest absolute Gasteiger partial charge is 0.458 e. The first-order chi connectivity index (χ1) is 16.9. The molecular weight excluding hydrogens is 442 g/mol. The van der Waals surface area contributed by atoms with Gasteiger partial charge in [-0.25, -0.2) is 9.78 Å². The van der Waals surface area contributed by atoms with Gasteiger partial charge >= 0.3 is 5.97 Å². The van der Waals surface area contributed by atoms with Gasteiger partial charge in [-0.1, -0.05) is 42.8 Å². The van der Waals surface area contributed by atoms with Gasteiger partial charge in [0.15, 0.2) is 5.60 Å². The van der Waals surface area contributed by atoms with E-state index in [1.165, 1.54) is 5.56 Å². The van der Waals surface area contributed by atoms with E-state index in [-0.39, 0.29) is 18.6 Å². The van der Waals surface area contributed by atoms with Crippen molar-refractivity contribution in [2.75, 3.05) is 5.32 Å². The predicted molar refractivity (Wildman–Crippen MR) is 133 cm³/mol. The molecule has 2 aromatic carbocycles. The number of esters is 1. The summed E-state index contributed by atoms with van der Waals surface area (Å²) in [5.41, 5.74) is 4.97. The fourth-order valence-electron chi connectivity index (χ4n) is 5.18. The molecule has 7 nitrogen and oxygen atoms in total. The Hall–Kier alpha value is -3.97. The van der Waals surface area contributed by atoms with Crippen molar-refractivity contribution in [2.45, 2.75) is 45.6 Å². The maximum atomic E-state index is 13.5. The van der Waals surface area contributed by atoms with Gasteiger partial charge in [-0.05, 0) is 43.2 Å². The van der Waals surface area contributed by atoms with Crippen molar-refractivity contribution in [3.63, 3.8) is 0 Å². The van der Waals surface area contributed by atoms with Crippen molar-refractivity contribution >= 4 is 22.6 Å². The van der Waals surface area contributed by atoms with Crippen molar-refractivity contribution in [1.29, 1.82) is 0 Å². The Labute approximate surface area is 202 Å². The minimum absolute atomic E-state index is 0.117. The van der Waals surface area contributed by atoms with E-state index in [1.54, 1.807) is 17.6 Å². The summed E-state index contributed by atoms with van der Waals surface area (Å²) in [5.74, 6) is -0.718. The highest BCUT2D eigenvalue weighted by molar-refractivity contribution is 5.89. The Kier molecular flexibility index (Phi) is 4.79. The number of carbonyl (C=O) groups excluding carboxylic acids is 1. The van der Waals surface area contributed by atoms with E-state index < -0.39 is 11.6 Å². The molecule has 176 valence electrons. The van der Waals surface area contributed by atoms with Crippen LogP contribution >= 0.6 is 0 Å². The average molecular weight is 468 g/mol. The van der Waals surface area contributed by atoms with E-state index in [4.69, 9.17) is 9.72 Å². The highest BCUT2D eigenvalue weighted by atomic mass is 16.6. The van der Waals surface area contributed by atoms with Crippen LogP contribution in [0.1, 0.15) is 41.2 Å². The molecule has 0 aliphatic carbocycles. The number of nitrogens with one attached hydrogen (secondary N) is 1. The van der Waals surface area contributed by atoms with Crippen molar-refractivity contribution in [2.24, 2.45) is 0 Å². The molecule has 1 atom stereocenters. The van der Waals surface area contributed by atoms with Crippen molar-refractivity contribution < 1.29 is 14.6 Å². The van der Waals surface area contributed by atoms with Crippen LogP contribution < -0.4 is 10.9 Å². The van der Waals surface area contributed by atoms with E-state index in [9.17, 15) is 14.7 Å². The lowest BCUT2D eigenvalue weighted by Gasteiger charge is -2.31. The number of rotatable bonds is 4. The molecule has 0 amide bonds. The molecule has 4 heterocycles. The Bertz CT molecular complexity index is 1570. The van der Waals surface area contributed by atoms with Crippen LogP contribution in [0.15, 0.2) is 59.4 Å². The van der Waals surface area contributed by atoms with Gasteiger partial charge in [-0.3, -0.25) is 4.79 Å².